The predicted octanol–water partition coefficient (Wildman–Crippen LogP) is 21.9. The van der Waals surface area contributed by atoms with E-state index in [4.69, 9.17) is 32.3 Å². The Hall–Kier alpha value is -4.83. The quantitative estimate of drug-likeness (QED) is 0.0146. The van der Waals surface area contributed by atoms with Gasteiger partial charge in [-0.15, -0.1) is 0 Å². The number of carbonyl (C=O) groups excluding carboxylic acids is 3. The molecule has 0 aromatic rings. The fourth-order valence-electron chi connectivity index (χ4n) is 9.58. The Morgan fingerprint density at radius 1 is 0.283 bits per heavy atom. The molecular formula is C81H134O16P2. The van der Waals surface area contributed by atoms with Gasteiger partial charge in [0.15, 0.2) is 6.10 Å². The maximum Gasteiger partial charge on any atom is 0.472 e. The molecular weight excluding hydrogens is 1290 g/mol. The van der Waals surface area contributed by atoms with Crippen molar-refractivity contribution >= 4 is 33.6 Å². The van der Waals surface area contributed by atoms with Gasteiger partial charge in [-0.2, -0.15) is 0 Å². The van der Waals surface area contributed by atoms with E-state index in [1.807, 2.05) is 0 Å². The molecule has 16 nitrogen and oxygen atoms in total. The van der Waals surface area contributed by atoms with E-state index in [1.165, 1.54) is 25.7 Å². The molecule has 0 aliphatic rings. The number of hydrogen-bond donors (Lipinski definition) is 4. The number of ether oxygens (including phenoxy) is 3. The minimum atomic E-state index is -4.94. The standard InChI is InChI=1S/C81H134O16P2/c1-4-7-10-13-16-19-22-25-28-31-34-35-36-37-38-39-42-44-46-49-52-55-58-61-64-67-79(84)91-70-76(82)71-93-98(87,88)94-72-77(83)73-95-99(89,90)96-75-78(97-81(86)69-66-63-60-57-54-51-48-45-41-33-30-27-24-21-18-15-12-9-6-3)74-92-80(85)68-65-62-59-56-53-50-47-43-40-32-29-26-23-20-17-14-11-8-5-2/h7-12,16-21,25-30,34-35,37-38,40-41,43,45,76-78,82-83H,4-6,13-15,22-24,31-33,36,39,42,44,46-75H2,1-3H3,(H,87,88)(H,89,90)/b10-7-,11-8-,12-9-,19-16-,20-17-,21-18-,28-25-,29-26-,30-27-,35-34-,38-37-,43-40-,45-41-. The van der Waals surface area contributed by atoms with Crippen molar-refractivity contribution in [3.8, 4) is 0 Å². The third-order valence-corrected chi connectivity index (χ3v) is 17.1. The summed E-state index contributed by atoms with van der Waals surface area (Å²) < 4.78 is 61.1. The van der Waals surface area contributed by atoms with Crippen LogP contribution >= 0.6 is 15.6 Å². The van der Waals surface area contributed by atoms with Crippen LogP contribution in [0.4, 0.5) is 0 Å². The van der Waals surface area contributed by atoms with Gasteiger partial charge >= 0.3 is 33.6 Å². The molecule has 5 atom stereocenters. The highest BCUT2D eigenvalue weighted by molar-refractivity contribution is 7.47. The van der Waals surface area contributed by atoms with Crippen LogP contribution in [0.25, 0.3) is 0 Å². The largest absolute Gasteiger partial charge is 0.472 e. The average molecular weight is 1430 g/mol. The van der Waals surface area contributed by atoms with Gasteiger partial charge in [-0.3, -0.25) is 32.5 Å². The second-order valence-corrected chi connectivity index (χ2v) is 27.6. The van der Waals surface area contributed by atoms with Crippen molar-refractivity contribution < 1.29 is 75.8 Å². The van der Waals surface area contributed by atoms with Crippen LogP contribution in [0.15, 0.2) is 158 Å². The summed E-state index contributed by atoms with van der Waals surface area (Å²) in [5.74, 6) is -1.62. The molecule has 0 rings (SSSR count). The Bertz CT molecular complexity index is 2430. The Morgan fingerprint density at radius 2 is 0.505 bits per heavy atom. The number of esters is 3. The maximum atomic E-state index is 13.0. The van der Waals surface area contributed by atoms with Gasteiger partial charge in [0.2, 0.25) is 0 Å². The van der Waals surface area contributed by atoms with Gasteiger partial charge in [-0.1, -0.05) is 275 Å². The smallest absolute Gasteiger partial charge is 0.463 e. The highest BCUT2D eigenvalue weighted by Crippen LogP contribution is 2.45. The van der Waals surface area contributed by atoms with Crippen molar-refractivity contribution in [2.75, 3.05) is 39.6 Å². The third kappa shape index (κ3) is 74.2. The molecule has 0 amide bonds. The summed E-state index contributed by atoms with van der Waals surface area (Å²) in [5.41, 5.74) is 0. The fourth-order valence-corrected chi connectivity index (χ4v) is 11.2. The van der Waals surface area contributed by atoms with Crippen LogP contribution in [0, 0.1) is 0 Å². The maximum absolute atomic E-state index is 13.0. The minimum Gasteiger partial charge on any atom is -0.463 e. The van der Waals surface area contributed by atoms with Crippen molar-refractivity contribution in [1.82, 2.24) is 0 Å². The van der Waals surface area contributed by atoms with Crippen molar-refractivity contribution in [3.63, 3.8) is 0 Å². The van der Waals surface area contributed by atoms with Crippen LogP contribution in [-0.2, 0) is 55.8 Å². The highest BCUT2D eigenvalue weighted by Gasteiger charge is 2.29. The van der Waals surface area contributed by atoms with Gasteiger partial charge < -0.3 is 34.2 Å². The second kappa shape index (κ2) is 72.9. The first-order valence-electron chi connectivity index (χ1n) is 37.8. The van der Waals surface area contributed by atoms with Gasteiger partial charge in [-0.25, -0.2) is 9.13 Å². The Kier molecular flexibility index (Phi) is 69.4. The van der Waals surface area contributed by atoms with Crippen LogP contribution in [0.1, 0.15) is 278 Å². The van der Waals surface area contributed by atoms with E-state index in [9.17, 15) is 43.5 Å². The van der Waals surface area contributed by atoms with Crippen molar-refractivity contribution in [2.24, 2.45) is 0 Å². The number of carbonyl (C=O) groups is 3. The summed E-state index contributed by atoms with van der Waals surface area (Å²) in [6, 6.07) is 0. The zero-order valence-corrected chi connectivity index (χ0v) is 63.1. The molecule has 0 aliphatic carbocycles. The molecule has 18 heteroatoms. The summed E-state index contributed by atoms with van der Waals surface area (Å²) in [6.07, 6.45) is 89.9. The van der Waals surface area contributed by atoms with E-state index in [0.717, 1.165) is 193 Å². The summed E-state index contributed by atoms with van der Waals surface area (Å²) in [6.45, 7) is 2.29. The summed E-state index contributed by atoms with van der Waals surface area (Å²) >= 11 is 0. The number of aliphatic hydroxyl groups excluding tert-OH is 2. The van der Waals surface area contributed by atoms with Crippen LogP contribution in [-0.4, -0.2) is 95.9 Å². The van der Waals surface area contributed by atoms with Gasteiger partial charge in [0.1, 0.15) is 25.4 Å². The minimum absolute atomic E-state index is 0.0796. The number of phosphoric acid groups is 2. The van der Waals surface area contributed by atoms with Crippen molar-refractivity contribution in [2.45, 2.75) is 296 Å². The number of unbranched alkanes of at least 4 members (excludes halogenated alkanes) is 21. The van der Waals surface area contributed by atoms with Gasteiger partial charge in [0, 0.05) is 19.3 Å². The SMILES string of the molecule is CC/C=C\C/C=C\C/C=C\C/C=C\C/C=C\CCCCCCCCCCCC(=O)OCC(O)COP(=O)(O)OCC(O)COP(=O)(O)OCC(COC(=O)CCCCCCCC/C=C\C/C=C\C/C=C\C/C=C\CC)OC(=O)CCCCCCCC/C=C\C/C=C\C/C=C\C/C=C\CC. The van der Waals surface area contributed by atoms with E-state index >= 15 is 0 Å². The normalized spacial score (nSPS) is 14.9. The Morgan fingerprint density at radius 3 is 0.798 bits per heavy atom. The zero-order valence-electron chi connectivity index (χ0n) is 61.4. The molecule has 0 aromatic carbocycles. The molecule has 0 saturated carbocycles. The summed E-state index contributed by atoms with van der Waals surface area (Å²) in [7, 11) is -9.81. The Balaban J connectivity index is 4.68. The topological polar surface area (TPSA) is 231 Å². The zero-order chi connectivity index (χ0) is 72.3. The molecule has 5 unspecified atom stereocenters. The molecule has 0 heterocycles. The van der Waals surface area contributed by atoms with Gasteiger partial charge in [-0.05, 0) is 141 Å². The molecule has 0 spiro atoms. The third-order valence-electron chi connectivity index (χ3n) is 15.2. The Labute approximate surface area is 600 Å². The van der Waals surface area contributed by atoms with E-state index in [1.54, 1.807) is 0 Å². The molecule has 0 radical (unpaired) electrons. The van der Waals surface area contributed by atoms with Crippen LogP contribution in [0.3, 0.4) is 0 Å². The first-order chi connectivity index (χ1) is 48.2. The van der Waals surface area contributed by atoms with E-state index < -0.39 is 91.5 Å². The van der Waals surface area contributed by atoms with E-state index in [-0.39, 0.29) is 19.3 Å². The predicted molar refractivity (Wildman–Crippen MR) is 408 cm³/mol. The average Bonchev–Trinajstić information content (AvgIpc) is 2.90. The monoisotopic (exact) mass is 1420 g/mol. The fraction of sp³-hybridized carbons (Fsp3) is 0.642. The van der Waals surface area contributed by atoms with Crippen LogP contribution in [0.5, 0.6) is 0 Å². The summed E-state index contributed by atoms with van der Waals surface area (Å²) in [4.78, 5) is 58.6. The van der Waals surface area contributed by atoms with Crippen LogP contribution in [0.2, 0.25) is 0 Å². The number of rotatable bonds is 70. The molecule has 564 valence electrons. The first-order valence-corrected chi connectivity index (χ1v) is 40.8. The number of hydrogen-bond acceptors (Lipinski definition) is 14. The lowest BCUT2D eigenvalue weighted by Gasteiger charge is -2.21. The molecule has 0 fully saturated rings. The van der Waals surface area contributed by atoms with Crippen LogP contribution < -0.4 is 0 Å². The lowest BCUT2D eigenvalue weighted by Crippen LogP contribution is -2.30. The van der Waals surface area contributed by atoms with Gasteiger partial charge in [0.05, 0.1) is 26.4 Å². The summed E-state index contributed by atoms with van der Waals surface area (Å²) in [5, 5.41) is 20.6. The molecule has 0 saturated heterocycles. The molecule has 0 aromatic heterocycles. The van der Waals surface area contributed by atoms with Gasteiger partial charge in [0.25, 0.3) is 0 Å². The van der Waals surface area contributed by atoms with E-state index in [2.05, 4.69) is 179 Å². The van der Waals surface area contributed by atoms with E-state index in [0.29, 0.717) is 19.3 Å². The first kappa shape index (κ1) is 94.2. The lowest BCUT2D eigenvalue weighted by atomic mass is 10.1. The number of aliphatic hydroxyl groups is 2. The number of allylic oxidation sites excluding steroid dienone is 26. The highest BCUT2D eigenvalue weighted by atomic mass is 31.2. The molecule has 4 N–H and O–H groups in total. The second-order valence-electron chi connectivity index (χ2n) is 24.7. The van der Waals surface area contributed by atoms with Crippen molar-refractivity contribution in [3.05, 3.63) is 158 Å². The van der Waals surface area contributed by atoms with Crippen molar-refractivity contribution in [1.29, 1.82) is 0 Å². The lowest BCUT2D eigenvalue weighted by molar-refractivity contribution is -0.161. The number of phosphoric ester groups is 2. The molecule has 99 heavy (non-hydrogen) atoms. The molecule has 0 bridgehead atoms. The molecule has 0 aliphatic heterocycles.